The number of azide groups is 1. The molecular weight excluding hydrogens is 406 g/mol. The lowest BCUT2D eigenvalue weighted by Crippen LogP contribution is -2.02. The van der Waals surface area contributed by atoms with E-state index in [1.54, 1.807) is 24.3 Å². The number of methoxy groups -OCH3 is 2. The molecule has 0 unspecified atom stereocenters. The third-order valence-electron chi connectivity index (χ3n) is 2.92. The summed E-state index contributed by atoms with van der Waals surface area (Å²) in [7, 11) is 2.65. The number of halogens is 1. The average molecular weight is 422 g/mol. The molecule has 0 saturated carbocycles. The maximum absolute atomic E-state index is 11.0. The van der Waals surface area contributed by atoms with Crippen molar-refractivity contribution in [2.75, 3.05) is 14.2 Å². The van der Waals surface area contributed by atoms with E-state index in [1.807, 2.05) is 0 Å². The Hall–Kier alpha value is -2.97. The summed E-state index contributed by atoms with van der Waals surface area (Å²) in [6.07, 6.45) is 2.89. The van der Waals surface area contributed by atoms with Crippen LogP contribution >= 0.6 is 15.9 Å². The number of aromatic nitrogens is 2. The van der Waals surface area contributed by atoms with Gasteiger partial charge in [-0.3, -0.25) is 9.97 Å². The Morgan fingerprint density at radius 1 is 1.04 bits per heavy atom. The Morgan fingerprint density at radius 3 is 1.88 bits per heavy atom. The Morgan fingerprint density at radius 2 is 1.54 bits per heavy atom. The fourth-order valence-electron chi connectivity index (χ4n) is 1.60. The molecule has 10 heteroatoms. The Balaban J connectivity index is 0.000000263. The quantitative estimate of drug-likeness (QED) is 0.239. The lowest BCUT2D eigenvalue weighted by atomic mass is 10.2. The first-order chi connectivity index (χ1) is 12.5. The van der Waals surface area contributed by atoms with Crippen LogP contribution in [-0.2, 0) is 21.3 Å². The second-order valence-electron chi connectivity index (χ2n) is 4.58. The van der Waals surface area contributed by atoms with Crippen LogP contribution in [0.4, 0.5) is 0 Å². The molecule has 26 heavy (non-hydrogen) atoms. The van der Waals surface area contributed by atoms with E-state index in [0.29, 0.717) is 22.2 Å². The average Bonchev–Trinajstić information content (AvgIpc) is 2.72. The normalized spacial score (nSPS) is 9.19. The highest BCUT2D eigenvalue weighted by atomic mass is 79.9. The lowest BCUT2D eigenvalue weighted by molar-refractivity contribution is 0.0591. The molecule has 0 amide bonds. The maximum atomic E-state index is 11.0. The van der Waals surface area contributed by atoms with Crippen LogP contribution in [0.5, 0.6) is 0 Å². The number of esters is 2. The van der Waals surface area contributed by atoms with Crippen molar-refractivity contribution in [1.82, 2.24) is 9.97 Å². The van der Waals surface area contributed by atoms with E-state index in [1.165, 1.54) is 26.6 Å². The Labute approximate surface area is 158 Å². The number of hydrogen-bond donors (Lipinski definition) is 0. The zero-order valence-corrected chi connectivity index (χ0v) is 15.7. The van der Waals surface area contributed by atoms with Crippen molar-refractivity contribution in [2.45, 2.75) is 11.9 Å². The molecule has 0 aromatic carbocycles. The third kappa shape index (κ3) is 6.88. The summed E-state index contributed by atoms with van der Waals surface area (Å²) in [6, 6.07) is 6.65. The summed E-state index contributed by atoms with van der Waals surface area (Å²) >= 11 is 3.26. The Bertz CT molecular complexity index is 774. The molecule has 0 aliphatic rings. The zero-order chi connectivity index (χ0) is 19.4. The molecule has 2 heterocycles. The predicted molar refractivity (Wildman–Crippen MR) is 96.6 cm³/mol. The maximum Gasteiger partial charge on any atom is 0.339 e. The van der Waals surface area contributed by atoms with Crippen LogP contribution in [0.1, 0.15) is 32.1 Å². The predicted octanol–water partition coefficient (Wildman–Crippen LogP) is 3.44. The van der Waals surface area contributed by atoms with Gasteiger partial charge in [0, 0.05) is 28.3 Å². The SMILES string of the molecule is COC(=O)c1ccc(CBr)nc1.COC(=O)c1ccc(CN=[N+]=[N-])nc1. The smallest absolute Gasteiger partial charge is 0.339 e. The summed E-state index contributed by atoms with van der Waals surface area (Å²) in [6.45, 7) is 0.179. The molecule has 0 aliphatic carbocycles. The summed E-state index contributed by atoms with van der Waals surface area (Å²) in [5, 5.41) is 4.03. The van der Waals surface area contributed by atoms with Gasteiger partial charge in [0.15, 0.2) is 0 Å². The van der Waals surface area contributed by atoms with E-state index in [-0.39, 0.29) is 12.5 Å². The number of carbonyl (C=O) groups is 2. The number of pyridine rings is 2. The third-order valence-corrected chi connectivity index (χ3v) is 3.50. The van der Waals surface area contributed by atoms with Crippen LogP contribution in [0.3, 0.4) is 0 Å². The van der Waals surface area contributed by atoms with Crippen molar-refractivity contribution in [2.24, 2.45) is 5.11 Å². The van der Waals surface area contributed by atoms with E-state index >= 15 is 0 Å². The van der Waals surface area contributed by atoms with Gasteiger partial charge in [-0.2, -0.15) is 0 Å². The molecule has 2 aromatic heterocycles. The number of nitrogens with zero attached hydrogens (tertiary/aromatic N) is 5. The number of ether oxygens (including phenoxy) is 2. The van der Waals surface area contributed by atoms with Gasteiger partial charge in [0.25, 0.3) is 0 Å². The van der Waals surface area contributed by atoms with E-state index in [0.717, 1.165) is 5.69 Å². The highest BCUT2D eigenvalue weighted by Crippen LogP contribution is 2.05. The molecule has 0 N–H and O–H groups in total. The van der Waals surface area contributed by atoms with E-state index < -0.39 is 5.97 Å². The molecule has 0 saturated heterocycles. The summed E-state index contributed by atoms with van der Waals surface area (Å²) in [5.41, 5.74) is 10.4. The second-order valence-corrected chi connectivity index (χ2v) is 5.14. The fourth-order valence-corrected chi connectivity index (χ4v) is 1.93. The molecular formula is C16H16BrN5O4. The molecule has 0 aliphatic heterocycles. The Kier molecular flexibility index (Phi) is 9.37. The molecule has 0 radical (unpaired) electrons. The molecule has 2 aromatic rings. The minimum atomic E-state index is -0.437. The second kappa shape index (κ2) is 11.6. The molecule has 0 spiro atoms. The molecule has 2 rings (SSSR count). The molecule has 9 nitrogen and oxygen atoms in total. The van der Waals surface area contributed by atoms with E-state index in [2.05, 4.69) is 45.4 Å². The number of hydrogen-bond acceptors (Lipinski definition) is 7. The zero-order valence-electron chi connectivity index (χ0n) is 14.1. The largest absolute Gasteiger partial charge is 0.465 e. The van der Waals surface area contributed by atoms with Gasteiger partial charge in [-0.25, -0.2) is 9.59 Å². The molecule has 0 atom stereocenters. The first-order valence-corrected chi connectivity index (χ1v) is 8.31. The van der Waals surface area contributed by atoms with Gasteiger partial charge in [0.05, 0.1) is 37.6 Å². The van der Waals surface area contributed by atoms with Crippen molar-refractivity contribution in [3.05, 3.63) is 69.6 Å². The van der Waals surface area contributed by atoms with Gasteiger partial charge >= 0.3 is 11.9 Å². The minimum absolute atomic E-state index is 0.179. The van der Waals surface area contributed by atoms with E-state index in [9.17, 15) is 9.59 Å². The molecule has 136 valence electrons. The van der Waals surface area contributed by atoms with Crippen LogP contribution in [-0.4, -0.2) is 36.1 Å². The number of carbonyl (C=O) groups excluding carboxylic acids is 2. The minimum Gasteiger partial charge on any atom is -0.465 e. The van der Waals surface area contributed by atoms with Crippen LogP contribution in [0.15, 0.2) is 41.8 Å². The van der Waals surface area contributed by atoms with Gasteiger partial charge in [-0.1, -0.05) is 21.0 Å². The standard InChI is InChI=1S/C8H8BrNO2.C8H8N4O2/c1-12-8(11)6-2-3-7(4-9)10-5-6;1-14-8(13)6-2-3-7(10-4-6)5-11-12-9/h2-3,5H,4H2,1H3;2-4H,5H2,1H3. The van der Waals surface area contributed by atoms with E-state index in [4.69, 9.17) is 5.53 Å². The van der Waals surface area contributed by atoms with Crippen molar-refractivity contribution in [1.29, 1.82) is 0 Å². The van der Waals surface area contributed by atoms with Gasteiger partial charge in [-0.15, -0.1) is 0 Å². The highest BCUT2D eigenvalue weighted by molar-refractivity contribution is 9.08. The fraction of sp³-hybridized carbons (Fsp3) is 0.250. The lowest BCUT2D eigenvalue weighted by Gasteiger charge is -1.98. The van der Waals surface area contributed by atoms with Crippen LogP contribution in [0.25, 0.3) is 10.4 Å². The first-order valence-electron chi connectivity index (χ1n) is 7.19. The molecule has 0 fully saturated rings. The highest BCUT2D eigenvalue weighted by Gasteiger charge is 2.05. The van der Waals surface area contributed by atoms with Crippen molar-refractivity contribution >= 4 is 27.9 Å². The van der Waals surface area contributed by atoms with Crippen LogP contribution in [0, 0.1) is 0 Å². The van der Waals surface area contributed by atoms with Gasteiger partial charge < -0.3 is 9.47 Å². The van der Waals surface area contributed by atoms with Crippen LogP contribution < -0.4 is 0 Å². The summed E-state index contributed by atoms with van der Waals surface area (Å²) in [5.74, 6) is -0.795. The van der Waals surface area contributed by atoms with Gasteiger partial charge in [-0.05, 0) is 29.8 Å². The molecule has 0 bridgehead atoms. The summed E-state index contributed by atoms with van der Waals surface area (Å²) in [4.78, 5) is 32.5. The van der Waals surface area contributed by atoms with Crippen molar-refractivity contribution in [3.63, 3.8) is 0 Å². The topological polar surface area (TPSA) is 127 Å². The van der Waals surface area contributed by atoms with Crippen LogP contribution in [0.2, 0.25) is 0 Å². The summed E-state index contributed by atoms with van der Waals surface area (Å²) < 4.78 is 9.02. The first kappa shape index (κ1) is 21.1. The van der Waals surface area contributed by atoms with Crippen molar-refractivity contribution < 1.29 is 19.1 Å². The van der Waals surface area contributed by atoms with Gasteiger partial charge in [0.2, 0.25) is 0 Å². The number of rotatable bonds is 5. The van der Waals surface area contributed by atoms with Gasteiger partial charge in [0.1, 0.15) is 0 Å². The monoisotopic (exact) mass is 421 g/mol. The number of alkyl halides is 1. The van der Waals surface area contributed by atoms with Crippen molar-refractivity contribution in [3.8, 4) is 0 Å².